The van der Waals surface area contributed by atoms with E-state index in [4.69, 9.17) is 0 Å². The Morgan fingerprint density at radius 3 is 2.23 bits per heavy atom. The Morgan fingerprint density at radius 2 is 1.92 bits per heavy atom. The van der Waals surface area contributed by atoms with Gasteiger partial charge in [0.1, 0.15) is 0 Å². The van der Waals surface area contributed by atoms with E-state index in [-0.39, 0.29) is 57.9 Å². The van der Waals surface area contributed by atoms with Gasteiger partial charge in [-0.2, -0.15) is 0 Å². The first-order valence-electron chi connectivity index (χ1n) is 3.99. The molecule has 1 fully saturated rings. The van der Waals surface area contributed by atoms with Gasteiger partial charge in [0.15, 0.2) is 0 Å². The van der Waals surface area contributed by atoms with Gasteiger partial charge in [-0.15, -0.1) is 12.1 Å². The minimum atomic E-state index is -4.83. The Balaban J connectivity index is 0.00000144. The third-order valence-electron chi connectivity index (χ3n) is 2.03. The third kappa shape index (κ3) is 4.49. The van der Waals surface area contributed by atoms with Crippen LogP contribution in [0, 0.1) is 5.92 Å². The Bertz CT molecular complexity index is 189. The van der Waals surface area contributed by atoms with E-state index in [1.54, 1.807) is 4.90 Å². The average molecular weight is 217 g/mol. The minimum Gasteiger partial charge on any atom is -0.445 e. The molecule has 0 amide bonds. The Morgan fingerprint density at radius 1 is 1.46 bits per heavy atom. The van der Waals surface area contributed by atoms with Gasteiger partial charge in [0.25, 0.3) is 0 Å². The van der Waals surface area contributed by atoms with Gasteiger partial charge >= 0.3 is 58.4 Å². The number of nitrogens with zero attached hydrogens (tertiary/aromatic N) is 1. The van der Waals surface area contributed by atoms with Gasteiger partial charge < -0.3 is 17.8 Å². The van der Waals surface area contributed by atoms with Crippen molar-refractivity contribution in [2.45, 2.75) is 6.92 Å². The third-order valence-corrected chi connectivity index (χ3v) is 2.03. The molecule has 0 atom stereocenters. The molecule has 1 saturated heterocycles. The number of hydrogen-bond donors (Lipinski definition) is 0. The molecule has 0 aromatic rings. The fraction of sp³-hybridized carbons (Fsp3) is 0.714. The summed E-state index contributed by atoms with van der Waals surface area (Å²) < 4.78 is 36.0. The predicted octanol–water partition coefficient (Wildman–Crippen LogP) is -1.12. The fourth-order valence-corrected chi connectivity index (χ4v) is 1.35. The van der Waals surface area contributed by atoms with Crippen LogP contribution in [0.15, 0.2) is 12.1 Å². The smallest absolute Gasteiger partial charge is 0.445 e. The molecular weight excluding hydrogens is 205 g/mol. The quantitative estimate of drug-likeness (QED) is 0.541. The molecule has 0 bridgehead atoms. The normalized spacial score (nSPS) is 19.1. The van der Waals surface area contributed by atoms with E-state index in [1.807, 2.05) is 6.92 Å². The second-order valence-electron chi connectivity index (χ2n) is 3.53. The summed E-state index contributed by atoms with van der Waals surface area (Å²) in [4.78, 5) is 1.77. The van der Waals surface area contributed by atoms with Crippen LogP contribution in [0.5, 0.6) is 0 Å². The number of rotatable bonds is 3. The molecule has 0 N–H and O–H groups in total. The van der Waals surface area contributed by atoms with Crippen molar-refractivity contribution in [1.82, 2.24) is 4.90 Å². The number of halogens is 3. The van der Waals surface area contributed by atoms with Crippen LogP contribution in [-0.2, 0) is 0 Å². The first-order chi connectivity index (χ1) is 5.39. The first-order valence-corrected chi connectivity index (χ1v) is 3.99. The van der Waals surface area contributed by atoms with Crippen LogP contribution in [0.2, 0.25) is 0 Å². The summed E-state index contributed by atoms with van der Waals surface area (Å²) in [5.74, 6) is 0.540. The van der Waals surface area contributed by atoms with Crippen molar-refractivity contribution in [3.63, 3.8) is 0 Å². The van der Waals surface area contributed by atoms with Crippen LogP contribution in [0.4, 0.5) is 12.9 Å². The van der Waals surface area contributed by atoms with Gasteiger partial charge in [0.05, 0.1) is 0 Å². The minimum absolute atomic E-state index is 0. The van der Waals surface area contributed by atoms with Gasteiger partial charge in [0.2, 0.25) is 0 Å². The summed E-state index contributed by atoms with van der Waals surface area (Å²) >= 11 is 0. The van der Waals surface area contributed by atoms with Gasteiger partial charge in [0, 0.05) is 13.1 Å². The summed E-state index contributed by atoms with van der Waals surface area (Å²) in [6.45, 7) is 1.77. The van der Waals surface area contributed by atoms with Crippen LogP contribution < -0.4 is 51.4 Å². The zero-order valence-corrected chi connectivity index (χ0v) is 11.2. The van der Waals surface area contributed by atoms with Gasteiger partial charge in [-0.25, -0.2) is 0 Å². The van der Waals surface area contributed by atoms with Gasteiger partial charge in [-0.05, 0) is 12.5 Å². The molecule has 0 aromatic carbocycles. The monoisotopic (exact) mass is 217 g/mol. The SMILES string of the molecule is C=C(CN1CC(C)C1)[B-](F)(F)F.[K+]. The van der Waals surface area contributed by atoms with E-state index in [0.29, 0.717) is 5.92 Å². The second kappa shape index (κ2) is 5.32. The molecule has 1 heterocycles. The Labute approximate surface area is 119 Å². The van der Waals surface area contributed by atoms with Crippen molar-refractivity contribution < 1.29 is 64.3 Å². The molecule has 0 radical (unpaired) electrons. The summed E-state index contributed by atoms with van der Waals surface area (Å²) in [6, 6.07) is 0. The molecule has 0 saturated carbocycles. The molecule has 1 rings (SSSR count). The molecule has 0 unspecified atom stereocenters. The van der Waals surface area contributed by atoms with Crippen molar-refractivity contribution in [1.29, 1.82) is 0 Å². The number of hydrogen-bond acceptors (Lipinski definition) is 1. The molecule has 1 nitrogen and oxygen atoms in total. The molecule has 0 aliphatic carbocycles. The average Bonchev–Trinajstić information content (AvgIpc) is 1.82. The Hall–Kier alpha value is 1.19. The van der Waals surface area contributed by atoms with Crippen LogP contribution in [0.25, 0.3) is 0 Å². The molecule has 0 aromatic heterocycles. The standard InChI is InChI=1S/C7H12BF3N.K/c1-6-3-12(4-6)5-7(2)8(9,10)11;/h6H,2-5H2,1H3;/q-1;+1. The molecule has 70 valence electrons. The first kappa shape index (κ1) is 14.2. The van der Waals surface area contributed by atoms with E-state index < -0.39 is 12.4 Å². The van der Waals surface area contributed by atoms with Crippen molar-refractivity contribution in [2.24, 2.45) is 5.92 Å². The van der Waals surface area contributed by atoms with Crippen molar-refractivity contribution in [3.05, 3.63) is 12.1 Å². The van der Waals surface area contributed by atoms with Gasteiger partial charge in [-0.1, -0.05) is 6.92 Å². The topological polar surface area (TPSA) is 3.24 Å². The summed E-state index contributed by atoms with van der Waals surface area (Å²) in [7, 11) is 0. The largest absolute Gasteiger partial charge is 1.00 e. The maximum absolute atomic E-state index is 12.0. The van der Waals surface area contributed by atoms with Crippen LogP contribution in [-0.4, -0.2) is 31.5 Å². The van der Waals surface area contributed by atoms with E-state index in [0.717, 1.165) is 13.1 Å². The van der Waals surface area contributed by atoms with Crippen molar-refractivity contribution >= 4 is 6.98 Å². The van der Waals surface area contributed by atoms with Crippen molar-refractivity contribution in [3.8, 4) is 0 Å². The zero-order valence-electron chi connectivity index (χ0n) is 8.06. The molecule has 13 heavy (non-hydrogen) atoms. The fourth-order valence-electron chi connectivity index (χ4n) is 1.35. The maximum atomic E-state index is 12.0. The molecule has 6 heteroatoms. The van der Waals surface area contributed by atoms with Gasteiger partial charge in [-0.3, -0.25) is 0 Å². The molecule has 1 aliphatic heterocycles. The summed E-state index contributed by atoms with van der Waals surface area (Å²) in [6.07, 6.45) is 0. The van der Waals surface area contributed by atoms with E-state index in [1.165, 1.54) is 0 Å². The van der Waals surface area contributed by atoms with E-state index in [9.17, 15) is 12.9 Å². The van der Waals surface area contributed by atoms with Crippen molar-refractivity contribution in [2.75, 3.05) is 19.6 Å². The molecular formula is C7H12BF3KN. The molecule has 0 spiro atoms. The number of likely N-dealkylation sites (tertiary alicyclic amines) is 1. The maximum Gasteiger partial charge on any atom is 1.00 e. The molecule has 1 aliphatic rings. The van der Waals surface area contributed by atoms with E-state index in [2.05, 4.69) is 6.58 Å². The predicted molar refractivity (Wildman–Crippen MR) is 43.8 cm³/mol. The van der Waals surface area contributed by atoms with Crippen LogP contribution in [0.1, 0.15) is 6.92 Å². The second-order valence-corrected chi connectivity index (χ2v) is 3.53. The van der Waals surface area contributed by atoms with E-state index >= 15 is 0 Å². The summed E-state index contributed by atoms with van der Waals surface area (Å²) in [5.41, 5.74) is -0.582. The summed E-state index contributed by atoms with van der Waals surface area (Å²) in [5, 5.41) is 0. The zero-order chi connectivity index (χ0) is 9.35. The Kier molecular flexibility index (Phi) is 5.81. The van der Waals surface area contributed by atoms with Crippen LogP contribution in [0.3, 0.4) is 0 Å². The van der Waals surface area contributed by atoms with Crippen LogP contribution >= 0.6 is 0 Å².